The number of rotatable bonds is 6. The number of ether oxygens (including phenoxy) is 1. The molecule has 0 aliphatic heterocycles. The van der Waals surface area contributed by atoms with Gasteiger partial charge < -0.3 is 10.1 Å². The summed E-state index contributed by atoms with van der Waals surface area (Å²) in [5.41, 5.74) is 1.23. The van der Waals surface area contributed by atoms with Crippen LogP contribution in [0.4, 0.5) is 5.69 Å². The molecule has 0 aliphatic rings. The largest absolute Gasteiger partial charge is 0.457 e. The number of hydrogen-bond acceptors (Lipinski definition) is 4. The molecule has 0 unspecified atom stereocenters. The Balaban J connectivity index is 1.98. The number of nitrogens with zero attached hydrogens (tertiary/aromatic N) is 1. The van der Waals surface area contributed by atoms with Crippen LogP contribution in [0.5, 0.6) is 11.5 Å². The van der Waals surface area contributed by atoms with E-state index in [1.54, 1.807) is 12.1 Å². The molecule has 2 aromatic carbocycles. The monoisotopic (exact) mass is 286 g/mol. The molecule has 0 atom stereocenters. The van der Waals surface area contributed by atoms with Crippen molar-refractivity contribution in [3.63, 3.8) is 0 Å². The number of hydrogen-bond donors (Lipinski definition) is 1. The maximum absolute atomic E-state index is 10.6. The number of nitrogens with one attached hydrogen (secondary N) is 1. The highest BCUT2D eigenvalue weighted by atomic mass is 16.6. The van der Waals surface area contributed by atoms with Crippen molar-refractivity contribution in [3.05, 3.63) is 64.2 Å². The zero-order valence-corrected chi connectivity index (χ0v) is 12.1. The van der Waals surface area contributed by atoms with Gasteiger partial charge in [0.05, 0.1) is 4.92 Å². The summed E-state index contributed by atoms with van der Waals surface area (Å²) in [6.07, 6.45) is 0. The van der Waals surface area contributed by atoms with Crippen LogP contribution in [0.3, 0.4) is 0 Å². The number of non-ortho nitro benzene ring substituents is 1. The molecular formula is C16H18N2O3. The first-order chi connectivity index (χ1) is 10.0. The number of nitro benzene ring substituents is 1. The van der Waals surface area contributed by atoms with E-state index in [2.05, 4.69) is 19.2 Å². The fourth-order valence-corrected chi connectivity index (χ4v) is 1.77. The molecule has 0 amide bonds. The smallest absolute Gasteiger partial charge is 0.269 e. The average molecular weight is 286 g/mol. The number of nitro groups is 1. The molecule has 5 heteroatoms. The summed E-state index contributed by atoms with van der Waals surface area (Å²) in [6, 6.07) is 14.2. The Labute approximate surface area is 123 Å². The Kier molecular flexibility index (Phi) is 4.90. The molecule has 0 aliphatic carbocycles. The Bertz CT molecular complexity index is 592. The second-order valence-corrected chi connectivity index (χ2v) is 5.03. The van der Waals surface area contributed by atoms with Gasteiger partial charge in [-0.3, -0.25) is 10.1 Å². The lowest BCUT2D eigenvalue weighted by atomic mass is 10.2. The molecule has 0 bridgehead atoms. The normalized spacial score (nSPS) is 10.6. The molecule has 21 heavy (non-hydrogen) atoms. The first-order valence-electron chi connectivity index (χ1n) is 6.79. The molecule has 2 rings (SSSR count). The summed E-state index contributed by atoms with van der Waals surface area (Å²) in [4.78, 5) is 10.1. The van der Waals surface area contributed by atoms with Gasteiger partial charge in [0, 0.05) is 24.7 Å². The van der Waals surface area contributed by atoms with Crippen molar-refractivity contribution in [1.82, 2.24) is 5.32 Å². The van der Waals surface area contributed by atoms with Crippen LogP contribution in [0.25, 0.3) is 0 Å². The van der Waals surface area contributed by atoms with Gasteiger partial charge in [0.25, 0.3) is 5.69 Å². The maximum atomic E-state index is 10.6. The quantitative estimate of drug-likeness (QED) is 0.646. The van der Waals surface area contributed by atoms with Crippen LogP contribution in [0.1, 0.15) is 19.4 Å². The fourth-order valence-electron chi connectivity index (χ4n) is 1.77. The second kappa shape index (κ2) is 6.85. The van der Waals surface area contributed by atoms with Crippen molar-refractivity contribution in [2.75, 3.05) is 0 Å². The lowest BCUT2D eigenvalue weighted by Crippen LogP contribution is -2.21. The van der Waals surface area contributed by atoms with E-state index in [1.807, 2.05) is 24.3 Å². The van der Waals surface area contributed by atoms with E-state index in [4.69, 9.17) is 4.74 Å². The van der Waals surface area contributed by atoms with E-state index in [0.29, 0.717) is 17.5 Å². The Morgan fingerprint density at radius 2 is 1.57 bits per heavy atom. The van der Waals surface area contributed by atoms with Gasteiger partial charge in [-0.2, -0.15) is 0 Å². The molecule has 0 fully saturated rings. The van der Waals surface area contributed by atoms with Crippen molar-refractivity contribution in [2.24, 2.45) is 0 Å². The summed E-state index contributed by atoms with van der Waals surface area (Å²) in [5.74, 6) is 1.28. The Hall–Kier alpha value is -2.40. The van der Waals surface area contributed by atoms with Crippen LogP contribution in [0.2, 0.25) is 0 Å². The lowest BCUT2D eigenvalue weighted by molar-refractivity contribution is -0.384. The van der Waals surface area contributed by atoms with Crippen LogP contribution in [-0.4, -0.2) is 11.0 Å². The van der Waals surface area contributed by atoms with Gasteiger partial charge >= 0.3 is 0 Å². The van der Waals surface area contributed by atoms with Gasteiger partial charge in [0.2, 0.25) is 0 Å². The molecular weight excluding hydrogens is 268 g/mol. The predicted octanol–water partition coefficient (Wildman–Crippen LogP) is 3.89. The van der Waals surface area contributed by atoms with Crippen LogP contribution in [0.15, 0.2) is 48.5 Å². The zero-order chi connectivity index (χ0) is 15.2. The third-order valence-corrected chi connectivity index (χ3v) is 2.92. The highest BCUT2D eigenvalue weighted by Crippen LogP contribution is 2.24. The molecule has 0 aromatic heterocycles. The van der Waals surface area contributed by atoms with Gasteiger partial charge in [-0.15, -0.1) is 0 Å². The summed E-state index contributed by atoms with van der Waals surface area (Å²) in [7, 11) is 0. The first-order valence-corrected chi connectivity index (χ1v) is 6.79. The van der Waals surface area contributed by atoms with Gasteiger partial charge in [0.1, 0.15) is 11.5 Å². The van der Waals surface area contributed by atoms with E-state index in [1.165, 1.54) is 17.7 Å². The van der Waals surface area contributed by atoms with Crippen LogP contribution in [0, 0.1) is 10.1 Å². The molecule has 0 radical (unpaired) electrons. The topological polar surface area (TPSA) is 64.4 Å². The van der Waals surface area contributed by atoms with E-state index in [-0.39, 0.29) is 5.69 Å². The van der Waals surface area contributed by atoms with E-state index >= 15 is 0 Å². The van der Waals surface area contributed by atoms with Crippen LogP contribution < -0.4 is 10.1 Å². The third-order valence-electron chi connectivity index (χ3n) is 2.92. The highest BCUT2D eigenvalue weighted by Gasteiger charge is 2.05. The van der Waals surface area contributed by atoms with Gasteiger partial charge in [-0.25, -0.2) is 0 Å². The van der Waals surface area contributed by atoms with E-state index in [0.717, 1.165) is 6.54 Å². The molecule has 1 N–H and O–H groups in total. The van der Waals surface area contributed by atoms with Crippen LogP contribution >= 0.6 is 0 Å². The average Bonchev–Trinajstić information content (AvgIpc) is 2.47. The van der Waals surface area contributed by atoms with Crippen molar-refractivity contribution < 1.29 is 9.66 Å². The van der Waals surface area contributed by atoms with E-state index < -0.39 is 4.92 Å². The van der Waals surface area contributed by atoms with Crippen molar-refractivity contribution >= 4 is 5.69 Å². The highest BCUT2D eigenvalue weighted by molar-refractivity contribution is 5.39. The predicted molar refractivity (Wildman–Crippen MR) is 81.6 cm³/mol. The molecule has 0 saturated heterocycles. The van der Waals surface area contributed by atoms with E-state index in [9.17, 15) is 10.1 Å². The molecule has 0 heterocycles. The zero-order valence-electron chi connectivity index (χ0n) is 12.1. The van der Waals surface area contributed by atoms with Gasteiger partial charge in [0.15, 0.2) is 0 Å². The lowest BCUT2D eigenvalue weighted by Gasteiger charge is -2.09. The fraction of sp³-hybridized carbons (Fsp3) is 0.250. The molecule has 5 nitrogen and oxygen atoms in total. The van der Waals surface area contributed by atoms with Gasteiger partial charge in [-0.1, -0.05) is 26.0 Å². The third kappa shape index (κ3) is 4.57. The molecule has 0 saturated carbocycles. The van der Waals surface area contributed by atoms with Crippen molar-refractivity contribution in [3.8, 4) is 11.5 Å². The molecule has 0 spiro atoms. The SMILES string of the molecule is CC(C)NCc1ccc(Oc2ccc([N+](=O)[O-])cc2)cc1. The number of benzene rings is 2. The molecule has 2 aromatic rings. The standard InChI is InChI=1S/C16H18N2O3/c1-12(2)17-11-13-3-7-15(8-4-13)21-16-9-5-14(6-10-16)18(19)20/h3-10,12,17H,11H2,1-2H3. The summed E-state index contributed by atoms with van der Waals surface area (Å²) in [5, 5.41) is 13.9. The molecule has 110 valence electrons. The maximum Gasteiger partial charge on any atom is 0.269 e. The van der Waals surface area contributed by atoms with Crippen LogP contribution in [-0.2, 0) is 6.54 Å². The van der Waals surface area contributed by atoms with Crippen molar-refractivity contribution in [1.29, 1.82) is 0 Å². The minimum atomic E-state index is -0.430. The van der Waals surface area contributed by atoms with Gasteiger partial charge in [-0.05, 0) is 29.8 Å². The first kappa shape index (κ1) is 15.0. The minimum absolute atomic E-state index is 0.0532. The minimum Gasteiger partial charge on any atom is -0.457 e. The second-order valence-electron chi connectivity index (χ2n) is 5.03. The van der Waals surface area contributed by atoms with Crippen molar-refractivity contribution in [2.45, 2.75) is 26.4 Å². The summed E-state index contributed by atoms with van der Waals surface area (Å²) < 4.78 is 5.65. The summed E-state index contributed by atoms with van der Waals surface area (Å²) >= 11 is 0. The summed E-state index contributed by atoms with van der Waals surface area (Å²) in [6.45, 7) is 5.02. The Morgan fingerprint density at radius 1 is 1.05 bits per heavy atom. The Morgan fingerprint density at radius 3 is 2.05 bits per heavy atom.